The zero-order chi connectivity index (χ0) is 21.7. The second-order valence-electron chi connectivity index (χ2n) is 8.78. The number of hydrogen-bond acceptors (Lipinski definition) is 5. The Morgan fingerprint density at radius 3 is 2.77 bits per heavy atom. The van der Waals surface area contributed by atoms with Crippen molar-refractivity contribution in [2.45, 2.75) is 53.4 Å². The normalized spacial score (nSPS) is 21.9. The number of rotatable bonds is 8. The van der Waals surface area contributed by atoms with Crippen LogP contribution in [0.3, 0.4) is 0 Å². The van der Waals surface area contributed by atoms with Crippen molar-refractivity contribution in [1.29, 1.82) is 0 Å². The quantitative estimate of drug-likeness (QED) is 0.613. The van der Waals surface area contributed by atoms with E-state index in [1.807, 2.05) is 37.3 Å². The number of carbonyl (C=O) groups excluding carboxylic acids is 1. The molecular weight excluding hydrogens is 382 g/mol. The van der Waals surface area contributed by atoms with Gasteiger partial charge in [-0.1, -0.05) is 32.9 Å². The number of benzene rings is 1. The number of aromatic amines is 1. The highest BCUT2D eigenvalue weighted by molar-refractivity contribution is 5.91. The molecule has 1 aliphatic rings. The fourth-order valence-electron chi connectivity index (χ4n) is 4.03. The first-order chi connectivity index (χ1) is 14.3. The molecule has 3 N–H and O–H groups in total. The lowest BCUT2D eigenvalue weighted by molar-refractivity contribution is -0.179. The van der Waals surface area contributed by atoms with Gasteiger partial charge in [0.15, 0.2) is 5.76 Å². The van der Waals surface area contributed by atoms with Crippen LogP contribution in [0.15, 0.2) is 36.1 Å². The number of hydrogen-bond donors (Lipinski definition) is 3. The average Bonchev–Trinajstić information content (AvgIpc) is 3.13. The number of H-pyrrole nitrogens is 1. The number of nitrogens with one attached hydrogen (secondary N) is 2. The molecule has 0 aliphatic carbocycles. The van der Waals surface area contributed by atoms with E-state index in [0.717, 1.165) is 17.5 Å². The number of carbonyl (C=O) groups is 1. The second-order valence-corrected chi connectivity index (χ2v) is 8.78. The molecule has 0 spiro atoms. The predicted molar refractivity (Wildman–Crippen MR) is 115 cm³/mol. The van der Waals surface area contributed by atoms with Crippen LogP contribution >= 0.6 is 0 Å². The van der Waals surface area contributed by atoms with E-state index in [0.29, 0.717) is 18.9 Å². The third-order valence-electron chi connectivity index (χ3n) is 5.49. The molecule has 3 atom stereocenters. The number of imidazole rings is 1. The molecule has 0 radical (unpaired) electrons. The van der Waals surface area contributed by atoms with Gasteiger partial charge in [0.2, 0.25) is 6.29 Å². The lowest BCUT2D eigenvalue weighted by Gasteiger charge is -2.42. The number of para-hydroxylation sites is 2. The Bertz CT molecular complexity index is 851. The van der Waals surface area contributed by atoms with Crippen molar-refractivity contribution < 1.29 is 19.4 Å². The lowest BCUT2D eigenvalue weighted by Crippen LogP contribution is -2.43. The van der Waals surface area contributed by atoms with Crippen LogP contribution in [-0.2, 0) is 20.8 Å². The van der Waals surface area contributed by atoms with Gasteiger partial charge < -0.3 is 24.9 Å². The Balaban J connectivity index is 1.76. The first-order valence-corrected chi connectivity index (χ1v) is 10.7. The maximum atomic E-state index is 12.9. The van der Waals surface area contributed by atoms with Gasteiger partial charge in [0.05, 0.1) is 17.6 Å². The first kappa shape index (κ1) is 22.3. The summed E-state index contributed by atoms with van der Waals surface area (Å²) in [5, 5.41) is 12.2. The summed E-state index contributed by atoms with van der Waals surface area (Å²) < 4.78 is 11.8. The largest absolute Gasteiger partial charge is 0.459 e. The van der Waals surface area contributed by atoms with Crippen molar-refractivity contribution in [1.82, 2.24) is 15.3 Å². The molecule has 164 valence electrons. The molecule has 3 rings (SSSR count). The zero-order valence-electron chi connectivity index (χ0n) is 18.3. The van der Waals surface area contributed by atoms with Gasteiger partial charge >= 0.3 is 0 Å². The van der Waals surface area contributed by atoms with Gasteiger partial charge in [0, 0.05) is 19.1 Å². The average molecular weight is 416 g/mol. The van der Waals surface area contributed by atoms with Crippen LogP contribution in [0.4, 0.5) is 0 Å². The Morgan fingerprint density at radius 1 is 1.33 bits per heavy atom. The molecule has 1 aliphatic heterocycles. The summed E-state index contributed by atoms with van der Waals surface area (Å²) in [5.41, 5.74) is 1.72. The Kier molecular flexibility index (Phi) is 7.15. The van der Waals surface area contributed by atoms with Crippen molar-refractivity contribution in [2.75, 3.05) is 13.2 Å². The fourth-order valence-corrected chi connectivity index (χ4v) is 4.03. The summed E-state index contributed by atoms with van der Waals surface area (Å²) in [7, 11) is 0. The highest BCUT2D eigenvalue weighted by Gasteiger charge is 2.42. The van der Waals surface area contributed by atoms with Gasteiger partial charge in [-0.15, -0.1) is 0 Å². The molecule has 0 bridgehead atoms. The van der Waals surface area contributed by atoms with Crippen LogP contribution in [0.2, 0.25) is 0 Å². The lowest BCUT2D eigenvalue weighted by atomic mass is 9.70. The van der Waals surface area contributed by atoms with Crippen LogP contribution in [0.1, 0.15) is 46.4 Å². The molecule has 1 amide bonds. The molecule has 0 saturated heterocycles. The number of aliphatic hydroxyl groups excluding tert-OH is 1. The fraction of sp³-hybridized carbons (Fsp3) is 0.565. The minimum atomic E-state index is -0.511. The molecule has 1 aromatic heterocycles. The van der Waals surface area contributed by atoms with Crippen molar-refractivity contribution in [3.63, 3.8) is 0 Å². The number of amides is 1. The molecule has 7 nitrogen and oxygen atoms in total. The third-order valence-corrected chi connectivity index (χ3v) is 5.49. The standard InChI is InChI=1S/C23H33N3O4/c1-5-29-22-15(9-8-12-27)16(23(2,3)4)13-19(30-22)21(28)24-14-20-25-17-10-6-7-11-18(17)26-20/h6-7,10-11,13,15-16,22,27H,5,8-9,12,14H2,1-4H3,(H,24,28)(H,25,26)/t15-,16-,22+/m1/s1. The summed E-state index contributed by atoms with van der Waals surface area (Å²) in [4.78, 5) is 20.6. The molecule has 0 fully saturated rings. The van der Waals surface area contributed by atoms with Crippen molar-refractivity contribution >= 4 is 16.9 Å². The second kappa shape index (κ2) is 9.62. The van der Waals surface area contributed by atoms with Crippen molar-refractivity contribution in [3.8, 4) is 0 Å². The van der Waals surface area contributed by atoms with Crippen LogP contribution in [0, 0.1) is 17.3 Å². The Hall–Kier alpha value is -2.38. The van der Waals surface area contributed by atoms with E-state index < -0.39 is 6.29 Å². The van der Waals surface area contributed by atoms with Crippen molar-refractivity contribution in [3.05, 3.63) is 41.9 Å². The van der Waals surface area contributed by atoms with E-state index in [4.69, 9.17) is 9.47 Å². The van der Waals surface area contributed by atoms with E-state index in [2.05, 4.69) is 36.1 Å². The maximum Gasteiger partial charge on any atom is 0.286 e. The Labute approximate surface area is 177 Å². The maximum absolute atomic E-state index is 12.9. The van der Waals surface area contributed by atoms with Crippen LogP contribution in [0.25, 0.3) is 11.0 Å². The number of allylic oxidation sites excluding steroid dienone is 1. The molecule has 2 aromatic rings. The van der Waals surface area contributed by atoms with E-state index >= 15 is 0 Å². The zero-order valence-corrected chi connectivity index (χ0v) is 18.3. The highest BCUT2D eigenvalue weighted by atomic mass is 16.7. The molecule has 0 unspecified atom stereocenters. The molecule has 0 saturated carbocycles. The van der Waals surface area contributed by atoms with E-state index in [1.165, 1.54) is 0 Å². The van der Waals surface area contributed by atoms with Crippen LogP contribution in [0.5, 0.6) is 0 Å². The molecular formula is C23H33N3O4. The predicted octanol–water partition coefficient (Wildman–Crippen LogP) is 3.51. The summed E-state index contributed by atoms with van der Waals surface area (Å²) in [6, 6.07) is 7.75. The number of fused-ring (bicyclic) bond motifs is 1. The number of aromatic nitrogens is 2. The number of nitrogens with zero attached hydrogens (tertiary/aromatic N) is 1. The number of ether oxygens (including phenoxy) is 2. The van der Waals surface area contributed by atoms with E-state index in [-0.39, 0.29) is 42.1 Å². The molecule has 30 heavy (non-hydrogen) atoms. The summed E-state index contributed by atoms with van der Waals surface area (Å²) in [5.74, 6) is 0.848. The molecule has 1 aromatic carbocycles. The topological polar surface area (TPSA) is 96.5 Å². The molecule has 7 heteroatoms. The SMILES string of the molecule is CCO[C@H]1OC(C(=O)NCc2nc3ccccc3[nH]2)=C[C@@H](C(C)(C)C)[C@H]1CCCO. The third kappa shape index (κ3) is 5.21. The number of aliphatic hydroxyl groups is 1. The van der Waals surface area contributed by atoms with Gasteiger partial charge in [0.1, 0.15) is 5.82 Å². The summed E-state index contributed by atoms with van der Waals surface area (Å²) in [6.45, 7) is 9.26. The van der Waals surface area contributed by atoms with Gasteiger partial charge in [-0.05, 0) is 49.3 Å². The summed E-state index contributed by atoms with van der Waals surface area (Å²) in [6.07, 6.45) is 2.85. The minimum Gasteiger partial charge on any atom is -0.459 e. The Morgan fingerprint density at radius 2 is 2.10 bits per heavy atom. The van der Waals surface area contributed by atoms with Crippen LogP contribution < -0.4 is 5.32 Å². The highest BCUT2D eigenvalue weighted by Crippen LogP contribution is 2.42. The molecule has 2 heterocycles. The summed E-state index contributed by atoms with van der Waals surface area (Å²) >= 11 is 0. The first-order valence-electron chi connectivity index (χ1n) is 10.7. The van der Waals surface area contributed by atoms with Gasteiger partial charge in [0.25, 0.3) is 5.91 Å². The van der Waals surface area contributed by atoms with E-state index in [9.17, 15) is 9.90 Å². The van der Waals surface area contributed by atoms with Crippen molar-refractivity contribution in [2.24, 2.45) is 17.3 Å². The van der Waals surface area contributed by atoms with E-state index in [1.54, 1.807) is 0 Å². The van der Waals surface area contributed by atoms with Gasteiger partial charge in [-0.25, -0.2) is 4.98 Å². The van der Waals surface area contributed by atoms with Gasteiger partial charge in [-0.3, -0.25) is 4.79 Å². The minimum absolute atomic E-state index is 0.0732. The monoisotopic (exact) mass is 415 g/mol. The van der Waals surface area contributed by atoms with Crippen LogP contribution in [-0.4, -0.2) is 40.5 Å². The smallest absolute Gasteiger partial charge is 0.286 e. The van der Waals surface area contributed by atoms with Gasteiger partial charge in [-0.2, -0.15) is 0 Å².